The van der Waals surface area contributed by atoms with E-state index in [-0.39, 0.29) is 17.6 Å². The largest absolute Gasteiger partial charge is 0.427 e. The number of hydrogen-bond donors (Lipinski definition) is 1. The van der Waals surface area contributed by atoms with Gasteiger partial charge >= 0.3 is 11.9 Å². The van der Waals surface area contributed by atoms with E-state index in [4.69, 9.17) is 9.47 Å². The summed E-state index contributed by atoms with van der Waals surface area (Å²) in [5.74, 6) is -2.12. The molecule has 1 amide bonds. The summed E-state index contributed by atoms with van der Waals surface area (Å²) in [4.78, 5) is 44.6. The molecule has 32 heavy (non-hydrogen) atoms. The fourth-order valence-corrected chi connectivity index (χ4v) is 5.28. The van der Waals surface area contributed by atoms with E-state index in [1.54, 1.807) is 34.0 Å². The van der Waals surface area contributed by atoms with Crippen molar-refractivity contribution in [1.82, 2.24) is 14.3 Å². The average molecular weight is 462 g/mol. The van der Waals surface area contributed by atoms with Crippen molar-refractivity contribution in [2.45, 2.75) is 59.6 Å². The van der Waals surface area contributed by atoms with Gasteiger partial charge in [-0.15, -0.1) is 11.3 Å². The van der Waals surface area contributed by atoms with E-state index >= 15 is 0 Å². The SMILES string of the molecule is CCc1ncn2c(C3=C(C(=O)OCOC(=O)C(C)(C)C)N4C(=O)[C@H]([C@@H](C)O)[C@H]4C3)csc12. The summed E-state index contributed by atoms with van der Waals surface area (Å²) >= 11 is 1.52. The minimum atomic E-state index is -0.824. The van der Waals surface area contributed by atoms with E-state index in [1.807, 2.05) is 16.7 Å². The van der Waals surface area contributed by atoms with Gasteiger partial charge in [-0.25, -0.2) is 9.78 Å². The number of aliphatic hydroxyl groups is 1. The Kier molecular flexibility index (Phi) is 5.62. The first-order chi connectivity index (χ1) is 15.1. The van der Waals surface area contributed by atoms with Gasteiger partial charge in [0.25, 0.3) is 0 Å². The zero-order valence-corrected chi connectivity index (χ0v) is 19.6. The number of aliphatic hydroxyl groups excluding tert-OH is 1. The molecule has 0 aromatic carbocycles. The Morgan fingerprint density at radius 1 is 1.34 bits per heavy atom. The predicted molar refractivity (Wildman–Crippen MR) is 116 cm³/mol. The maximum absolute atomic E-state index is 13.0. The molecule has 4 rings (SSSR count). The summed E-state index contributed by atoms with van der Waals surface area (Å²) in [6.07, 6.45) is 2.08. The molecule has 0 bridgehead atoms. The second-order valence-corrected chi connectivity index (χ2v) is 10.0. The quantitative estimate of drug-likeness (QED) is 0.399. The summed E-state index contributed by atoms with van der Waals surface area (Å²) in [6, 6.07) is -0.318. The van der Waals surface area contributed by atoms with Gasteiger partial charge in [0, 0.05) is 11.0 Å². The minimum absolute atomic E-state index is 0.134. The predicted octanol–water partition coefficient (Wildman–Crippen LogP) is 2.37. The van der Waals surface area contributed by atoms with Crippen LogP contribution in [-0.2, 0) is 30.3 Å². The number of fused-ring (bicyclic) bond motifs is 2. The number of amides is 1. The van der Waals surface area contributed by atoms with Crippen LogP contribution in [0.25, 0.3) is 10.4 Å². The second-order valence-electron chi connectivity index (χ2n) is 9.15. The van der Waals surface area contributed by atoms with Crippen LogP contribution in [0.3, 0.4) is 0 Å². The lowest BCUT2D eigenvalue weighted by Crippen LogP contribution is -2.61. The summed E-state index contributed by atoms with van der Waals surface area (Å²) in [5, 5.41) is 12.0. The summed E-state index contributed by atoms with van der Waals surface area (Å²) in [5.41, 5.74) is 1.79. The molecule has 0 spiro atoms. The second kappa shape index (κ2) is 8.00. The molecule has 2 aromatic rings. The zero-order valence-electron chi connectivity index (χ0n) is 18.7. The van der Waals surface area contributed by atoms with Crippen LogP contribution in [0.2, 0.25) is 0 Å². The molecule has 1 fully saturated rings. The molecule has 2 aromatic heterocycles. The number of thiazole rings is 1. The Labute approximate surface area is 189 Å². The van der Waals surface area contributed by atoms with Crippen molar-refractivity contribution in [2.75, 3.05) is 6.79 Å². The lowest BCUT2D eigenvalue weighted by Gasteiger charge is -2.44. The highest BCUT2D eigenvalue weighted by molar-refractivity contribution is 7.15. The number of β-lactam (4-membered cyclic amide) rings is 1. The lowest BCUT2D eigenvalue weighted by atomic mass is 9.83. The molecule has 10 heteroatoms. The van der Waals surface area contributed by atoms with Crippen molar-refractivity contribution >= 4 is 39.6 Å². The first-order valence-electron chi connectivity index (χ1n) is 10.6. The number of aromatic nitrogens is 2. The minimum Gasteiger partial charge on any atom is -0.427 e. The maximum atomic E-state index is 13.0. The number of carbonyl (C=O) groups is 3. The van der Waals surface area contributed by atoms with Gasteiger partial charge in [-0.1, -0.05) is 6.92 Å². The molecular weight excluding hydrogens is 434 g/mol. The van der Waals surface area contributed by atoms with E-state index in [0.717, 1.165) is 22.6 Å². The van der Waals surface area contributed by atoms with E-state index in [1.165, 1.54) is 16.2 Å². The smallest absolute Gasteiger partial charge is 0.358 e. The summed E-state index contributed by atoms with van der Waals surface area (Å²) in [6.45, 7) is 8.16. The number of aryl methyl sites for hydroxylation is 1. The molecule has 172 valence electrons. The standard InChI is InChI=1S/C22H27N3O6S/c1-6-13-19-24(9-23-13)15(8-32-19)12-7-14-16(11(2)26)18(27)25(14)17(12)20(28)30-10-31-21(29)22(3,4)5/h8-9,11,14,16,26H,6-7,10H2,1-5H3/t11-,14-,16-/m1/s1. The number of nitrogens with zero attached hydrogens (tertiary/aromatic N) is 3. The number of imidazole rings is 1. The molecule has 2 aliphatic heterocycles. The van der Waals surface area contributed by atoms with Crippen LogP contribution in [0.4, 0.5) is 0 Å². The summed E-state index contributed by atoms with van der Waals surface area (Å²) in [7, 11) is 0. The number of carbonyl (C=O) groups excluding carboxylic acids is 3. The molecule has 1 N–H and O–H groups in total. The third-order valence-electron chi connectivity index (χ3n) is 5.89. The molecule has 9 nitrogen and oxygen atoms in total. The van der Waals surface area contributed by atoms with Crippen LogP contribution in [0, 0.1) is 11.3 Å². The highest BCUT2D eigenvalue weighted by Gasteiger charge is 2.57. The first kappa shape index (κ1) is 22.5. The monoisotopic (exact) mass is 461 g/mol. The van der Waals surface area contributed by atoms with E-state index in [2.05, 4.69) is 4.98 Å². The van der Waals surface area contributed by atoms with Crippen LogP contribution in [-0.4, -0.2) is 56.2 Å². The van der Waals surface area contributed by atoms with E-state index < -0.39 is 36.2 Å². The molecule has 0 radical (unpaired) electrons. The molecule has 2 aliphatic rings. The Hall–Kier alpha value is -2.72. The van der Waals surface area contributed by atoms with Gasteiger partial charge in [-0.2, -0.15) is 0 Å². The van der Waals surface area contributed by atoms with Crippen LogP contribution >= 0.6 is 11.3 Å². The van der Waals surface area contributed by atoms with Crippen molar-refractivity contribution < 1.29 is 29.0 Å². The van der Waals surface area contributed by atoms with E-state index in [0.29, 0.717) is 12.0 Å². The van der Waals surface area contributed by atoms with Gasteiger partial charge < -0.3 is 19.5 Å². The van der Waals surface area contributed by atoms with Crippen molar-refractivity contribution in [3.63, 3.8) is 0 Å². The van der Waals surface area contributed by atoms with Gasteiger partial charge in [0.15, 0.2) is 0 Å². The van der Waals surface area contributed by atoms with Crippen molar-refractivity contribution in [3.05, 3.63) is 28.8 Å². The van der Waals surface area contributed by atoms with Gasteiger partial charge in [-0.3, -0.25) is 14.0 Å². The molecular formula is C22H27N3O6S. The molecule has 3 atom stereocenters. The fourth-order valence-electron chi connectivity index (χ4n) is 4.21. The Morgan fingerprint density at radius 2 is 2.06 bits per heavy atom. The number of hydrogen-bond acceptors (Lipinski definition) is 8. The fraction of sp³-hybridized carbons (Fsp3) is 0.545. The van der Waals surface area contributed by atoms with Gasteiger partial charge in [0.1, 0.15) is 16.9 Å². The summed E-state index contributed by atoms with van der Waals surface area (Å²) < 4.78 is 12.2. The normalized spacial score (nSPS) is 21.6. The molecule has 0 unspecified atom stereocenters. The Morgan fingerprint density at radius 3 is 2.69 bits per heavy atom. The highest BCUT2D eigenvalue weighted by Crippen LogP contribution is 2.47. The van der Waals surface area contributed by atoms with Gasteiger partial charge in [-0.05, 0) is 40.5 Å². The lowest BCUT2D eigenvalue weighted by molar-refractivity contribution is -0.175. The molecule has 1 saturated heterocycles. The topological polar surface area (TPSA) is 110 Å². The number of ether oxygens (including phenoxy) is 2. The van der Waals surface area contributed by atoms with Gasteiger partial charge in [0.05, 0.1) is 34.9 Å². The Balaban J connectivity index is 1.66. The zero-order chi connectivity index (χ0) is 23.4. The average Bonchev–Trinajstić information content (AvgIpc) is 3.38. The highest BCUT2D eigenvalue weighted by atomic mass is 32.1. The molecule has 4 heterocycles. The van der Waals surface area contributed by atoms with Crippen molar-refractivity contribution in [1.29, 1.82) is 0 Å². The third-order valence-corrected chi connectivity index (χ3v) is 6.89. The van der Waals surface area contributed by atoms with Crippen molar-refractivity contribution in [2.24, 2.45) is 11.3 Å². The third kappa shape index (κ3) is 3.51. The van der Waals surface area contributed by atoms with Crippen LogP contribution in [0.15, 0.2) is 17.4 Å². The van der Waals surface area contributed by atoms with Crippen molar-refractivity contribution in [3.8, 4) is 0 Å². The van der Waals surface area contributed by atoms with E-state index in [9.17, 15) is 19.5 Å². The van der Waals surface area contributed by atoms with Crippen LogP contribution in [0.5, 0.6) is 0 Å². The first-order valence-corrected chi connectivity index (χ1v) is 11.5. The number of esters is 2. The van der Waals surface area contributed by atoms with Crippen LogP contribution in [0.1, 0.15) is 52.4 Å². The van der Waals surface area contributed by atoms with Crippen LogP contribution < -0.4 is 0 Å². The number of rotatable bonds is 6. The molecule has 0 saturated carbocycles. The maximum Gasteiger partial charge on any atom is 0.358 e. The van der Waals surface area contributed by atoms with Gasteiger partial charge in [0.2, 0.25) is 12.7 Å². The Bertz CT molecular complexity index is 1120. The molecule has 0 aliphatic carbocycles.